The monoisotopic (exact) mass is 925 g/mol. The molecule has 0 aromatic rings. The first-order valence-electron chi connectivity index (χ1n) is 27.4. The third kappa shape index (κ3) is 69.9. The molecule has 0 heterocycles. The molecule has 0 aromatic carbocycles. The van der Waals surface area contributed by atoms with Crippen LogP contribution >= 0.6 is 0 Å². The predicted octanol–water partition coefficient (Wildman–Crippen LogP) is 14.8. The Balaban J connectivity index is -0.000000419. The van der Waals surface area contributed by atoms with Crippen molar-refractivity contribution in [1.82, 2.24) is 0 Å². The van der Waals surface area contributed by atoms with Gasteiger partial charge >= 0.3 is 17.4 Å². The Labute approximate surface area is 407 Å². The van der Waals surface area contributed by atoms with Crippen molar-refractivity contribution in [2.24, 2.45) is 0 Å². The zero-order chi connectivity index (χ0) is 46.8. The fraction of sp³-hybridized carbons (Fsp3) is 0.944. The molecular formula is C54H105AlO9. The van der Waals surface area contributed by atoms with Gasteiger partial charge in [-0.2, -0.15) is 0 Å². The number of carbonyl (C=O) groups excluding carboxylic acids is 3. The molecule has 64 heavy (non-hydrogen) atoms. The molecule has 9 nitrogen and oxygen atoms in total. The van der Waals surface area contributed by atoms with E-state index < -0.39 is 17.9 Å². The molecule has 0 aromatic heterocycles. The van der Waals surface area contributed by atoms with Crippen LogP contribution < -0.4 is 15.8 Å². The fourth-order valence-electron chi connectivity index (χ4n) is 8.05. The Kier molecular flexibility index (Phi) is 71.7. The maximum Gasteiger partial charge on any atom is 3.00 e. The molecule has 0 radical (unpaired) electrons. The summed E-state index contributed by atoms with van der Waals surface area (Å²) in [5.41, 5.74) is 0. The number of carbonyl (C=O) groups is 3. The van der Waals surface area contributed by atoms with Gasteiger partial charge in [0, 0.05) is 19.3 Å². The Morgan fingerprint density at radius 2 is 0.344 bits per heavy atom. The Bertz CT molecular complexity index is 766. The maximum atomic E-state index is 10.6. The quantitative estimate of drug-likeness (QED) is 0.0252. The van der Waals surface area contributed by atoms with E-state index in [0.717, 1.165) is 38.5 Å². The molecule has 0 spiro atoms. The van der Waals surface area contributed by atoms with Gasteiger partial charge in [-0.3, -0.25) is 14.4 Å². The predicted molar refractivity (Wildman–Crippen MR) is 263 cm³/mol. The molecule has 0 aliphatic rings. The Morgan fingerprint density at radius 1 is 0.234 bits per heavy atom. The number of hydrogen-bond acceptors (Lipinski definition) is 9. The van der Waals surface area contributed by atoms with E-state index in [-0.39, 0.29) is 36.6 Å². The van der Waals surface area contributed by atoms with Gasteiger partial charge in [0.05, 0.1) is 0 Å². The van der Waals surface area contributed by atoms with Crippen LogP contribution in [0.5, 0.6) is 0 Å². The molecule has 0 unspecified atom stereocenters. The van der Waals surface area contributed by atoms with Crippen molar-refractivity contribution < 1.29 is 44.8 Å². The van der Waals surface area contributed by atoms with E-state index >= 15 is 0 Å². The van der Waals surface area contributed by atoms with Gasteiger partial charge in [0.25, 0.3) is 17.9 Å². The minimum atomic E-state index is -0.621. The third-order valence-electron chi connectivity index (χ3n) is 12.2. The zero-order valence-electron chi connectivity index (χ0n) is 42.7. The van der Waals surface area contributed by atoms with E-state index in [2.05, 4.69) is 35.4 Å². The Hall–Kier alpha value is -1.18. The molecule has 0 fully saturated rings. The van der Waals surface area contributed by atoms with E-state index in [1.807, 2.05) is 0 Å². The molecular weight excluding hydrogens is 820 g/mol. The van der Waals surface area contributed by atoms with Crippen LogP contribution in [0.3, 0.4) is 0 Å². The molecule has 0 saturated carbocycles. The molecule has 0 atom stereocenters. The second kappa shape index (κ2) is 66.1. The minimum Gasteiger partial charge on any atom is -0.662 e. The summed E-state index contributed by atoms with van der Waals surface area (Å²) >= 11 is 0. The van der Waals surface area contributed by atoms with Crippen molar-refractivity contribution in [2.45, 2.75) is 329 Å². The van der Waals surface area contributed by atoms with Gasteiger partial charge in [0.2, 0.25) is 0 Å². The zero-order valence-corrected chi connectivity index (χ0v) is 43.8. The van der Waals surface area contributed by atoms with Crippen molar-refractivity contribution in [3.8, 4) is 0 Å². The summed E-state index contributed by atoms with van der Waals surface area (Å²) in [6.45, 7) is 6.79. The largest absolute Gasteiger partial charge is 3.00 e. The molecule has 0 aliphatic carbocycles. The van der Waals surface area contributed by atoms with Crippen LogP contribution in [0.2, 0.25) is 0 Å². The first-order chi connectivity index (χ1) is 30.9. The van der Waals surface area contributed by atoms with Gasteiger partial charge in [-0.1, -0.05) is 290 Å². The summed E-state index contributed by atoms with van der Waals surface area (Å²) in [6, 6.07) is 0. The van der Waals surface area contributed by atoms with Gasteiger partial charge in [-0.05, 0) is 19.3 Å². The second-order valence-electron chi connectivity index (χ2n) is 18.5. The molecule has 378 valence electrons. The molecule has 0 bridgehead atoms. The van der Waals surface area contributed by atoms with E-state index in [0.29, 0.717) is 0 Å². The van der Waals surface area contributed by atoms with Crippen molar-refractivity contribution in [2.75, 3.05) is 0 Å². The topological polar surface area (TPSA) is 148 Å². The van der Waals surface area contributed by atoms with Crippen LogP contribution in [-0.2, 0) is 29.0 Å². The SMILES string of the molecule is CCCCCCCCCCCCCCCCCC(=O)O[O-].CCCCCCCCCCCCCCCCCC(=O)O[O-].CCCCCCCCCCCCCCCCCC(=O)O[O-].[Al+3]. The maximum absolute atomic E-state index is 10.6. The number of rotatable bonds is 48. The first-order valence-corrected chi connectivity index (χ1v) is 27.4. The molecule has 0 aliphatic heterocycles. The van der Waals surface area contributed by atoms with Crippen molar-refractivity contribution >= 4 is 35.3 Å². The molecule has 10 heteroatoms. The standard InChI is InChI=1S/3C18H36O3.Al/c3*1-2-3-4-5-6-7-8-9-10-11-12-13-14-15-16-17-18(19)21-20;/h3*20H,2-17H2,1H3;/q;;;+3/p-3. The average molecular weight is 925 g/mol. The number of hydrogen-bond donors (Lipinski definition) is 0. The van der Waals surface area contributed by atoms with Crippen LogP contribution in [-0.4, -0.2) is 35.3 Å². The summed E-state index contributed by atoms with van der Waals surface area (Å²) in [4.78, 5) is 42.0. The molecule has 0 saturated heterocycles. The van der Waals surface area contributed by atoms with E-state index in [9.17, 15) is 30.2 Å². The van der Waals surface area contributed by atoms with E-state index in [1.54, 1.807) is 0 Å². The van der Waals surface area contributed by atoms with Crippen LogP contribution in [0.1, 0.15) is 329 Å². The van der Waals surface area contributed by atoms with Crippen LogP contribution in [0.4, 0.5) is 0 Å². The van der Waals surface area contributed by atoms with Crippen molar-refractivity contribution in [3.63, 3.8) is 0 Å². The Morgan fingerprint density at radius 3 is 0.453 bits per heavy atom. The van der Waals surface area contributed by atoms with Gasteiger partial charge in [-0.25, -0.2) is 0 Å². The van der Waals surface area contributed by atoms with E-state index in [4.69, 9.17) is 0 Å². The van der Waals surface area contributed by atoms with E-state index in [1.165, 1.54) is 250 Å². The van der Waals surface area contributed by atoms with Gasteiger partial charge in [-0.15, -0.1) is 0 Å². The van der Waals surface area contributed by atoms with Crippen molar-refractivity contribution in [1.29, 1.82) is 0 Å². The third-order valence-corrected chi connectivity index (χ3v) is 12.2. The summed E-state index contributed by atoms with van der Waals surface area (Å²) < 4.78 is 0. The number of unbranched alkanes of at least 4 members (excludes halogenated alkanes) is 42. The van der Waals surface area contributed by atoms with Gasteiger partial charge in [0.1, 0.15) is 0 Å². The van der Waals surface area contributed by atoms with Crippen LogP contribution in [0, 0.1) is 0 Å². The summed E-state index contributed by atoms with van der Waals surface area (Å²) in [7, 11) is 0. The molecule has 0 N–H and O–H groups in total. The average Bonchev–Trinajstić information content (AvgIpc) is 3.30. The first kappa shape index (κ1) is 69.4. The second-order valence-corrected chi connectivity index (χ2v) is 18.5. The van der Waals surface area contributed by atoms with Crippen LogP contribution in [0.25, 0.3) is 0 Å². The van der Waals surface area contributed by atoms with Gasteiger partial charge < -0.3 is 30.4 Å². The van der Waals surface area contributed by atoms with Gasteiger partial charge in [0.15, 0.2) is 0 Å². The smallest absolute Gasteiger partial charge is 0.662 e. The molecule has 0 amide bonds. The minimum absolute atomic E-state index is 0. The summed E-state index contributed by atoms with van der Waals surface area (Å²) in [5, 5.41) is 29.3. The van der Waals surface area contributed by atoms with Crippen LogP contribution in [0.15, 0.2) is 0 Å². The summed E-state index contributed by atoms with van der Waals surface area (Å²) in [5.74, 6) is -1.86. The fourth-order valence-corrected chi connectivity index (χ4v) is 8.05. The molecule has 0 rings (SSSR count). The summed E-state index contributed by atoms with van der Waals surface area (Å²) in [6.07, 6.45) is 59.3. The normalized spacial score (nSPS) is 10.6. The van der Waals surface area contributed by atoms with Crippen molar-refractivity contribution in [3.05, 3.63) is 0 Å².